The summed E-state index contributed by atoms with van der Waals surface area (Å²) in [6, 6.07) is 14.6. The summed E-state index contributed by atoms with van der Waals surface area (Å²) >= 11 is 2.30. The molecule has 0 unspecified atom stereocenters. The van der Waals surface area contributed by atoms with Crippen LogP contribution in [0.2, 0.25) is 0 Å². The Labute approximate surface area is 119 Å². The topological polar surface area (TPSA) is 26.0 Å². The number of nitrogens with zero attached hydrogens (tertiary/aromatic N) is 1. The van der Waals surface area contributed by atoms with Crippen molar-refractivity contribution in [3.05, 3.63) is 53.9 Å². The number of aromatic nitrogens is 1. The molecule has 3 aromatic rings. The van der Waals surface area contributed by atoms with Gasteiger partial charge in [-0.25, -0.2) is 4.98 Å². The van der Waals surface area contributed by atoms with E-state index in [1.165, 1.54) is 10.8 Å². The molecule has 1 aromatic heterocycles. The number of oxazole rings is 1. The maximum atomic E-state index is 5.72. The van der Waals surface area contributed by atoms with Crippen LogP contribution in [0.4, 0.5) is 0 Å². The van der Waals surface area contributed by atoms with Crippen LogP contribution in [-0.2, 0) is 4.43 Å². The summed E-state index contributed by atoms with van der Waals surface area (Å²) in [6.07, 6.45) is 0. The molecule has 0 aliphatic rings. The van der Waals surface area contributed by atoms with Gasteiger partial charge in [0.1, 0.15) is 5.76 Å². The number of fused-ring (bicyclic) bond motifs is 1. The normalized spacial score (nSPS) is 11.0. The number of alkyl halides is 1. The first-order chi connectivity index (χ1) is 8.78. The Kier molecular flexibility index (Phi) is 3.07. The molecule has 2 nitrogen and oxygen atoms in total. The van der Waals surface area contributed by atoms with Gasteiger partial charge in [0.05, 0.1) is 5.69 Å². The average molecular weight is 349 g/mol. The van der Waals surface area contributed by atoms with E-state index in [0.717, 1.165) is 21.4 Å². The summed E-state index contributed by atoms with van der Waals surface area (Å²) in [5, 5.41) is 2.44. The number of aryl methyl sites for hydroxylation is 1. The van der Waals surface area contributed by atoms with Crippen molar-refractivity contribution in [1.29, 1.82) is 0 Å². The van der Waals surface area contributed by atoms with Crippen LogP contribution in [0.3, 0.4) is 0 Å². The van der Waals surface area contributed by atoms with Gasteiger partial charge in [0.25, 0.3) is 0 Å². The fourth-order valence-electron chi connectivity index (χ4n) is 2.00. The Balaban J connectivity index is 2.13. The van der Waals surface area contributed by atoms with E-state index in [1.807, 2.05) is 19.1 Å². The SMILES string of the molecule is Cc1oc(-c2ccc3ccccc3c2)nc1CI. The number of benzene rings is 2. The zero-order chi connectivity index (χ0) is 12.5. The van der Waals surface area contributed by atoms with Crippen molar-refractivity contribution in [3.63, 3.8) is 0 Å². The lowest BCUT2D eigenvalue weighted by molar-refractivity contribution is 0.541. The van der Waals surface area contributed by atoms with Gasteiger partial charge in [-0.2, -0.15) is 0 Å². The van der Waals surface area contributed by atoms with Crippen molar-refractivity contribution in [2.24, 2.45) is 0 Å². The highest BCUT2D eigenvalue weighted by Gasteiger charge is 2.10. The Morgan fingerprint density at radius 2 is 1.89 bits per heavy atom. The maximum Gasteiger partial charge on any atom is 0.226 e. The van der Waals surface area contributed by atoms with Crippen LogP contribution in [0.15, 0.2) is 46.9 Å². The van der Waals surface area contributed by atoms with Gasteiger partial charge in [0.2, 0.25) is 5.89 Å². The third-order valence-electron chi connectivity index (χ3n) is 3.02. The van der Waals surface area contributed by atoms with Crippen LogP contribution in [0, 0.1) is 6.92 Å². The lowest BCUT2D eigenvalue weighted by atomic mass is 10.1. The standard InChI is InChI=1S/C15H12INO/c1-10-14(9-16)17-15(18-10)13-7-6-11-4-2-3-5-12(11)8-13/h2-8H,9H2,1H3. The molecule has 0 amide bonds. The van der Waals surface area contributed by atoms with Gasteiger partial charge < -0.3 is 4.42 Å². The van der Waals surface area contributed by atoms with Gasteiger partial charge in [-0.3, -0.25) is 0 Å². The van der Waals surface area contributed by atoms with Gasteiger partial charge in [0, 0.05) is 9.99 Å². The first-order valence-electron chi connectivity index (χ1n) is 5.79. The fraction of sp³-hybridized carbons (Fsp3) is 0.133. The van der Waals surface area contributed by atoms with Gasteiger partial charge in [0.15, 0.2) is 0 Å². The first-order valence-corrected chi connectivity index (χ1v) is 7.32. The molecule has 0 fully saturated rings. The third-order valence-corrected chi connectivity index (χ3v) is 3.74. The van der Waals surface area contributed by atoms with Crippen LogP contribution in [-0.4, -0.2) is 4.98 Å². The Morgan fingerprint density at radius 3 is 2.61 bits per heavy atom. The van der Waals surface area contributed by atoms with E-state index >= 15 is 0 Å². The van der Waals surface area contributed by atoms with E-state index in [-0.39, 0.29) is 0 Å². The molecule has 18 heavy (non-hydrogen) atoms. The lowest BCUT2D eigenvalue weighted by Crippen LogP contribution is -1.81. The molecule has 90 valence electrons. The highest BCUT2D eigenvalue weighted by atomic mass is 127. The minimum Gasteiger partial charge on any atom is -0.441 e. The van der Waals surface area contributed by atoms with E-state index in [9.17, 15) is 0 Å². The quantitative estimate of drug-likeness (QED) is 0.493. The molecule has 1 heterocycles. The summed E-state index contributed by atoms with van der Waals surface area (Å²) in [5.41, 5.74) is 2.06. The van der Waals surface area contributed by atoms with Crippen molar-refractivity contribution in [2.45, 2.75) is 11.4 Å². The van der Waals surface area contributed by atoms with Gasteiger partial charge in [-0.1, -0.05) is 52.9 Å². The average Bonchev–Trinajstić information content (AvgIpc) is 2.79. The van der Waals surface area contributed by atoms with Crippen LogP contribution >= 0.6 is 22.6 Å². The van der Waals surface area contributed by atoms with Crippen molar-refractivity contribution in [2.75, 3.05) is 0 Å². The van der Waals surface area contributed by atoms with Crippen molar-refractivity contribution in [3.8, 4) is 11.5 Å². The predicted octanol–water partition coefficient (Wildman–Crippen LogP) is 4.74. The molecule has 0 radical (unpaired) electrons. The Bertz CT molecular complexity index is 703. The lowest BCUT2D eigenvalue weighted by Gasteiger charge is -1.99. The van der Waals surface area contributed by atoms with Crippen LogP contribution < -0.4 is 0 Å². The van der Waals surface area contributed by atoms with Gasteiger partial charge in [-0.05, 0) is 29.8 Å². The van der Waals surface area contributed by atoms with Crippen molar-refractivity contribution >= 4 is 33.4 Å². The Morgan fingerprint density at radius 1 is 1.11 bits per heavy atom. The molecule has 0 atom stereocenters. The molecule has 0 N–H and O–H groups in total. The third kappa shape index (κ3) is 2.03. The minimum absolute atomic E-state index is 0.713. The van der Waals surface area contributed by atoms with E-state index in [0.29, 0.717) is 5.89 Å². The zero-order valence-corrected chi connectivity index (χ0v) is 12.1. The van der Waals surface area contributed by atoms with E-state index in [1.54, 1.807) is 0 Å². The van der Waals surface area contributed by atoms with E-state index in [4.69, 9.17) is 4.42 Å². The monoisotopic (exact) mass is 349 g/mol. The smallest absolute Gasteiger partial charge is 0.226 e. The van der Waals surface area contributed by atoms with Gasteiger partial charge in [-0.15, -0.1) is 0 Å². The molecule has 0 bridgehead atoms. The maximum absolute atomic E-state index is 5.72. The summed E-state index contributed by atoms with van der Waals surface area (Å²) < 4.78 is 6.60. The molecule has 0 spiro atoms. The molecular weight excluding hydrogens is 337 g/mol. The molecule has 0 saturated heterocycles. The molecule has 0 saturated carbocycles. The summed E-state index contributed by atoms with van der Waals surface area (Å²) in [6.45, 7) is 1.96. The summed E-state index contributed by atoms with van der Waals surface area (Å²) in [5.74, 6) is 1.62. The second-order valence-electron chi connectivity index (χ2n) is 4.22. The second kappa shape index (κ2) is 4.72. The molecule has 3 rings (SSSR count). The van der Waals surface area contributed by atoms with Crippen molar-refractivity contribution < 1.29 is 4.42 Å². The molecule has 3 heteroatoms. The Hall–Kier alpha value is -1.36. The fourth-order valence-corrected chi connectivity index (χ4v) is 2.71. The van der Waals surface area contributed by atoms with Crippen LogP contribution in [0.1, 0.15) is 11.5 Å². The van der Waals surface area contributed by atoms with E-state index in [2.05, 4.69) is 57.9 Å². The second-order valence-corrected chi connectivity index (χ2v) is 4.98. The van der Waals surface area contributed by atoms with Crippen LogP contribution in [0.5, 0.6) is 0 Å². The molecular formula is C15H12INO. The number of hydrogen-bond acceptors (Lipinski definition) is 2. The summed E-state index contributed by atoms with van der Waals surface area (Å²) in [4.78, 5) is 4.53. The van der Waals surface area contributed by atoms with Crippen LogP contribution in [0.25, 0.3) is 22.2 Å². The number of rotatable bonds is 2. The summed E-state index contributed by atoms with van der Waals surface area (Å²) in [7, 11) is 0. The predicted molar refractivity (Wildman–Crippen MR) is 81.9 cm³/mol. The van der Waals surface area contributed by atoms with E-state index < -0.39 is 0 Å². The highest BCUT2D eigenvalue weighted by Crippen LogP contribution is 2.26. The number of halogens is 1. The number of hydrogen-bond donors (Lipinski definition) is 0. The largest absolute Gasteiger partial charge is 0.441 e. The molecule has 0 aliphatic carbocycles. The molecule has 2 aromatic carbocycles. The minimum atomic E-state index is 0.713. The highest BCUT2D eigenvalue weighted by molar-refractivity contribution is 14.1. The first kappa shape index (κ1) is 11.7. The van der Waals surface area contributed by atoms with Gasteiger partial charge >= 0.3 is 0 Å². The zero-order valence-electron chi connectivity index (χ0n) is 9.98. The van der Waals surface area contributed by atoms with Crippen molar-refractivity contribution in [1.82, 2.24) is 4.98 Å². The molecule has 0 aliphatic heterocycles.